The Balaban J connectivity index is 1.88. The van der Waals surface area contributed by atoms with Crippen LogP contribution >= 0.6 is 23.1 Å². The highest BCUT2D eigenvalue weighted by Gasteiger charge is 2.11. The highest BCUT2D eigenvalue weighted by atomic mass is 32.2. The highest BCUT2D eigenvalue weighted by Crippen LogP contribution is 2.18. The number of aryl methyl sites for hydroxylation is 2. The van der Waals surface area contributed by atoms with E-state index >= 15 is 0 Å². The maximum absolute atomic E-state index is 12.2. The number of amides is 1. The number of hydrogen-bond acceptors (Lipinski definition) is 4. The Morgan fingerprint density at radius 1 is 1.43 bits per heavy atom. The summed E-state index contributed by atoms with van der Waals surface area (Å²) in [6.45, 7) is 2.66. The van der Waals surface area contributed by atoms with E-state index in [0.29, 0.717) is 13.0 Å². The third kappa shape index (κ3) is 4.58. The first kappa shape index (κ1) is 16.0. The second-order valence-electron chi connectivity index (χ2n) is 4.96. The molecule has 112 valence electrons. The van der Waals surface area contributed by atoms with Crippen LogP contribution in [0.2, 0.25) is 0 Å². The number of rotatable bonds is 6. The smallest absolute Gasteiger partial charge is 0.222 e. The quantitative estimate of drug-likeness (QED) is 0.760. The second kappa shape index (κ2) is 7.61. The minimum Gasteiger partial charge on any atom is -0.341 e. The monoisotopic (exact) mass is 320 g/mol. The molecule has 1 aromatic carbocycles. The van der Waals surface area contributed by atoms with Gasteiger partial charge in [-0.1, -0.05) is 12.1 Å². The molecule has 5 heteroatoms. The fraction of sp³-hybridized carbons (Fsp3) is 0.375. The molecular formula is C16H20N2OS2. The Bertz CT molecular complexity index is 610. The van der Waals surface area contributed by atoms with E-state index in [4.69, 9.17) is 0 Å². The molecule has 0 spiro atoms. The van der Waals surface area contributed by atoms with Crippen LogP contribution in [0.1, 0.15) is 22.6 Å². The van der Waals surface area contributed by atoms with E-state index < -0.39 is 0 Å². The van der Waals surface area contributed by atoms with Gasteiger partial charge in [0, 0.05) is 29.8 Å². The van der Waals surface area contributed by atoms with Crippen LogP contribution in [0.15, 0.2) is 34.7 Å². The summed E-state index contributed by atoms with van der Waals surface area (Å²) in [5.41, 5.74) is 4.06. The van der Waals surface area contributed by atoms with E-state index in [1.807, 2.05) is 25.5 Å². The van der Waals surface area contributed by atoms with E-state index in [2.05, 4.69) is 29.4 Å². The summed E-state index contributed by atoms with van der Waals surface area (Å²) in [6, 6.07) is 8.33. The lowest BCUT2D eigenvalue weighted by Gasteiger charge is -2.17. The molecule has 0 N–H and O–H groups in total. The molecule has 2 rings (SSSR count). The first-order valence-electron chi connectivity index (χ1n) is 6.86. The number of thiazole rings is 1. The fourth-order valence-corrected chi connectivity index (χ4v) is 3.38. The summed E-state index contributed by atoms with van der Waals surface area (Å²) in [6.07, 6.45) is 3.39. The summed E-state index contributed by atoms with van der Waals surface area (Å²) in [4.78, 5) is 20.7. The minimum absolute atomic E-state index is 0.178. The molecule has 3 nitrogen and oxygen atoms in total. The number of carbonyl (C=O) groups excluding carboxylic acids is 1. The van der Waals surface area contributed by atoms with Gasteiger partial charge in [0.05, 0.1) is 11.2 Å². The van der Waals surface area contributed by atoms with Gasteiger partial charge in [0.2, 0.25) is 5.91 Å². The minimum atomic E-state index is 0.178. The Labute approximate surface area is 134 Å². The number of aromatic nitrogens is 1. The van der Waals surface area contributed by atoms with Crippen LogP contribution in [-0.4, -0.2) is 29.1 Å². The van der Waals surface area contributed by atoms with Crippen LogP contribution in [0.5, 0.6) is 0 Å². The van der Waals surface area contributed by atoms with Crippen molar-refractivity contribution >= 4 is 29.0 Å². The third-order valence-corrected chi connectivity index (χ3v) is 5.11. The normalized spacial score (nSPS) is 10.6. The number of carbonyl (C=O) groups is 1. The molecule has 0 aliphatic carbocycles. The van der Waals surface area contributed by atoms with Gasteiger partial charge in [-0.25, -0.2) is 4.98 Å². The van der Waals surface area contributed by atoms with E-state index in [9.17, 15) is 4.79 Å². The molecule has 0 radical (unpaired) electrons. The molecule has 0 saturated heterocycles. The van der Waals surface area contributed by atoms with Crippen molar-refractivity contribution in [2.45, 2.75) is 31.2 Å². The Morgan fingerprint density at radius 3 is 2.90 bits per heavy atom. The lowest BCUT2D eigenvalue weighted by Crippen LogP contribution is -2.26. The lowest BCUT2D eigenvalue weighted by molar-refractivity contribution is -0.130. The Hall–Kier alpha value is -1.33. The van der Waals surface area contributed by atoms with Gasteiger partial charge in [-0.05, 0) is 37.3 Å². The number of thioether (sulfide) groups is 1. The second-order valence-corrected chi connectivity index (χ2v) is 6.78. The van der Waals surface area contributed by atoms with Crippen LogP contribution < -0.4 is 0 Å². The van der Waals surface area contributed by atoms with Crippen molar-refractivity contribution in [3.63, 3.8) is 0 Å². The van der Waals surface area contributed by atoms with Gasteiger partial charge in [0.1, 0.15) is 0 Å². The van der Waals surface area contributed by atoms with Crippen molar-refractivity contribution in [2.75, 3.05) is 13.3 Å². The highest BCUT2D eigenvalue weighted by molar-refractivity contribution is 7.98. The first-order valence-corrected chi connectivity index (χ1v) is 8.96. The van der Waals surface area contributed by atoms with Gasteiger partial charge in [-0.3, -0.25) is 4.79 Å². The molecule has 1 amide bonds. The fourth-order valence-electron chi connectivity index (χ4n) is 2.11. The average Bonchev–Trinajstić information content (AvgIpc) is 2.90. The third-order valence-electron chi connectivity index (χ3n) is 3.39. The molecule has 1 heterocycles. The molecule has 0 atom stereocenters. The largest absolute Gasteiger partial charge is 0.341 e. The molecular weight excluding hydrogens is 300 g/mol. The SMILES string of the molecule is CSc1cccc(CN(C)C(=O)CCc2scnc2C)c1. The summed E-state index contributed by atoms with van der Waals surface area (Å²) in [5.74, 6) is 0.178. The van der Waals surface area contributed by atoms with Gasteiger partial charge in [0.15, 0.2) is 0 Å². The first-order chi connectivity index (χ1) is 10.1. The van der Waals surface area contributed by atoms with Crippen LogP contribution in [0, 0.1) is 6.92 Å². The Kier molecular flexibility index (Phi) is 5.82. The molecule has 0 unspecified atom stereocenters. The maximum atomic E-state index is 12.2. The van der Waals surface area contributed by atoms with E-state index in [1.165, 1.54) is 15.3 Å². The number of benzene rings is 1. The molecule has 0 aliphatic rings. The predicted octanol–water partition coefficient (Wildman–Crippen LogP) is 3.76. The van der Waals surface area contributed by atoms with Gasteiger partial charge in [-0.15, -0.1) is 23.1 Å². The van der Waals surface area contributed by atoms with Gasteiger partial charge >= 0.3 is 0 Å². The van der Waals surface area contributed by atoms with Crippen molar-refractivity contribution in [3.05, 3.63) is 45.9 Å². The molecule has 0 bridgehead atoms. The molecule has 0 saturated carbocycles. The molecule has 21 heavy (non-hydrogen) atoms. The number of nitrogens with zero attached hydrogens (tertiary/aromatic N) is 2. The van der Waals surface area contributed by atoms with Gasteiger partial charge in [-0.2, -0.15) is 0 Å². The van der Waals surface area contributed by atoms with Crippen molar-refractivity contribution in [2.24, 2.45) is 0 Å². The van der Waals surface area contributed by atoms with Crippen LogP contribution in [0.4, 0.5) is 0 Å². The summed E-state index contributed by atoms with van der Waals surface area (Å²) < 4.78 is 0. The van der Waals surface area contributed by atoms with E-state index in [0.717, 1.165) is 12.1 Å². The standard InChI is InChI=1S/C16H20N2OS2/c1-12-15(21-11-17-12)7-8-16(19)18(2)10-13-5-4-6-14(9-13)20-3/h4-6,9,11H,7-8,10H2,1-3H3. The van der Waals surface area contributed by atoms with Crippen molar-refractivity contribution in [1.29, 1.82) is 0 Å². The van der Waals surface area contributed by atoms with Gasteiger partial charge < -0.3 is 4.90 Å². The van der Waals surface area contributed by atoms with E-state index in [1.54, 1.807) is 28.0 Å². The van der Waals surface area contributed by atoms with Crippen molar-refractivity contribution in [1.82, 2.24) is 9.88 Å². The van der Waals surface area contributed by atoms with E-state index in [-0.39, 0.29) is 5.91 Å². The summed E-state index contributed by atoms with van der Waals surface area (Å²) >= 11 is 3.35. The number of hydrogen-bond donors (Lipinski definition) is 0. The van der Waals surface area contributed by atoms with Crippen molar-refractivity contribution in [3.8, 4) is 0 Å². The van der Waals surface area contributed by atoms with Crippen LogP contribution in [0.25, 0.3) is 0 Å². The zero-order valence-electron chi connectivity index (χ0n) is 12.6. The average molecular weight is 320 g/mol. The van der Waals surface area contributed by atoms with Crippen LogP contribution in [-0.2, 0) is 17.8 Å². The van der Waals surface area contributed by atoms with Crippen molar-refractivity contribution < 1.29 is 4.79 Å². The van der Waals surface area contributed by atoms with Crippen LogP contribution in [0.3, 0.4) is 0 Å². The zero-order valence-corrected chi connectivity index (χ0v) is 14.3. The summed E-state index contributed by atoms with van der Waals surface area (Å²) in [7, 11) is 1.87. The maximum Gasteiger partial charge on any atom is 0.222 e. The zero-order chi connectivity index (χ0) is 15.2. The molecule has 1 aromatic heterocycles. The molecule has 0 fully saturated rings. The molecule has 0 aliphatic heterocycles. The summed E-state index contributed by atoms with van der Waals surface area (Å²) in [5, 5.41) is 0. The predicted molar refractivity (Wildman–Crippen MR) is 89.9 cm³/mol. The Morgan fingerprint density at radius 2 is 2.24 bits per heavy atom. The van der Waals surface area contributed by atoms with Gasteiger partial charge in [0.25, 0.3) is 0 Å². The molecule has 2 aromatic rings. The topological polar surface area (TPSA) is 33.2 Å². The lowest BCUT2D eigenvalue weighted by atomic mass is 10.2.